The van der Waals surface area contributed by atoms with Crippen LogP contribution in [0.1, 0.15) is 34.9 Å². The van der Waals surface area contributed by atoms with E-state index in [1.807, 2.05) is 42.1 Å². The van der Waals surface area contributed by atoms with Gasteiger partial charge in [-0.3, -0.25) is 9.48 Å². The van der Waals surface area contributed by atoms with Crippen LogP contribution in [0.15, 0.2) is 36.5 Å². The summed E-state index contributed by atoms with van der Waals surface area (Å²) < 4.78 is 7.52. The lowest BCUT2D eigenvalue weighted by Crippen LogP contribution is -2.32. The van der Waals surface area contributed by atoms with E-state index in [2.05, 4.69) is 15.7 Å². The second-order valence-corrected chi connectivity index (χ2v) is 6.10. The van der Waals surface area contributed by atoms with Crippen molar-refractivity contribution in [2.75, 3.05) is 26.2 Å². The Bertz CT molecular complexity index is 683. The van der Waals surface area contributed by atoms with Crippen molar-refractivity contribution in [2.24, 2.45) is 0 Å². The van der Waals surface area contributed by atoms with Crippen LogP contribution in [0.5, 0.6) is 5.75 Å². The molecule has 1 atom stereocenters. The lowest BCUT2D eigenvalue weighted by molar-refractivity contribution is 0.0940. The van der Waals surface area contributed by atoms with Gasteiger partial charge in [0.25, 0.3) is 5.91 Å². The molecule has 6 nitrogen and oxygen atoms in total. The molecule has 0 saturated carbocycles. The summed E-state index contributed by atoms with van der Waals surface area (Å²) >= 11 is 0. The number of nitrogens with zero attached hydrogens (tertiary/aromatic N) is 2. The fraction of sp³-hybridized carbons (Fsp3) is 0.444. The number of hydrogen-bond donors (Lipinski definition) is 2. The Morgan fingerprint density at radius 1 is 1.44 bits per heavy atom. The van der Waals surface area contributed by atoms with Crippen molar-refractivity contribution in [3.63, 3.8) is 0 Å². The minimum absolute atomic E-state index is 0. The number of rotatable bonds is 6. The molecule has 1 aliphatic heterocycles. The minimum atomic E-state index is -0.162. The first-order valence-corrected chi connectivity index (χ1v) is 8.46. The Balaban J connectivity index is 0.00000225. The number of aryl methyl sites for hydroxylation is 1. The first-order chi connectivity index (χ1) is 11.7. The zero-order chi connectivity index (χ0) is 16.8. The van der Waals surface area contributed by atoms with Gasteiger partial charge in [0.1, 0.15) is 18.1 Å². The molecule has 3 rings (SSSR count). The standard InChI is InChI=1S/C18H24N4O2.ClH/c1-14-4-2-6-16(12-14)24-11-9-20-18(23)17-7-10-22(21-17)15-5-3-8-19-13-15;/h2,4,6-7,10,12,15,19H,3,5,8-9,11,13H2,1H3,(H,20,23);1H. The second kappa shape index (κ2) is 9.44. The van der Waals surface area contributed by atoms with E-state index in [0.717, 1.165) is 37.2 Å². The van der Waals surface area contributed by atoms with Crippen LogP contribution in [0.25, 0.3) is 0 Å². The summed E-state index contributed by atoms with van der Waals surface area (Å²) in [7, 11) is 0. The number of aromatic nitrogens is 2. The van der Waals surface area contributed by atoms with E-state index < -0.39 is 0 Å². The maximum atomic E-state index is 12.1. The van der Waals surface area contributed by atoms with E-state index in [9.17, 15) is 4.79 Å². The first kappa shape index (κ1) is 19.3. The summed E-state index contributed by atoms with van der Waals surface area (Å²) in [6.07, 6.45) is 4.12. The molecule has 0 aliphatic carbocycles. The van der Waals surface area contributed by atoms with Gasteiger partial charge < -0.3 is 15.4 Å². The number of piperidine rings is 1. The summed E-state index contributed by atoms with van der Waals surface area (Å²) in [5.41, 5.74) is 1.61. The maximum absolute atomic E-state index is 12.1. The highest BCUT2D eigenvalue weighted by molar-refractivity contribution is 5.92. The molecule has 1 amide bonds. The second-order valence-electron chi connectivity index (χ2n) is 6.10. The van der Waals surface area contributed by atoms with Gasteiger partial charge in [-0.05, 0) is 50.1 Å². The lowest BCUT2D eigenvalue weighted by atomic mass is 10.1. The molecule has 7 heteroatoms. The fourth-order valence-electron chi connectivity index (χ4n) is 2.85. The Kier molecular flexibility index (Phi) is 7.28. The predicted molar refractivity (Wildman–Crippen MR) is 99.6 cm³/mol. The lowest BCUT2D eigenvalue weighted by Gasteiger charge is -2.22. The average molecular weight is 365 g/mol. The highest BCUT2D eigenvalue weighted by atomic mass is 35.5. The first-order valence-electron chi connectivity index (χ1n) is 8.46. The van der Waals surface area contributed by atoms with Crippen molar-refractivity contribution in [3.8, 4) is 5.75 Å². The van der Waals surface area contributed by atoms with Gasteiger partial charge in [0.2, 0.25) is 0 Å². The number of amides is 1. The summed E-state index contributed by atoms with van der Waals surface area (Å²) in [5.74, 6) is 0.656. The highest BCUT2D eigenvalue weighted by Crippen LogP contribution is 2.15. The molecule has 1 aromatic carbocycles. The highest BCUT2D eigenvalue weighted by Gasteiger charge is 2.17. The van der Waals surface area contributed by atoms with Gasteiger partial charge >= 0.3 is 0 Å². The number of ether oxygens (including phenoxy) is 1. The van der Waals surface area contributed by atoms with Crippen LogP contribution < -0.4 is 15.4 Å². The quantitative estimate of drug-likeness (QED) is 0.772. The molecule has 0 bridgehead atoms. The fourth-order valence-corrected chi connectivity index (χ4v) is 2.85. The number of hydrogen-bond acceptors (Lipinski definition) is 4. The zero-order valence-corrected chi connectivity index (χ0v) is 15.2. The van der Waals surface area contributed by atoms with E-state index in [-0.39, 0.29) is 18.3 Å². The number of halogens is 1. The number of nitrogens with one attached hydrogen (secondary N) is 2. The summed E-state index contributed by atoms with van der Waals surface area (Å²) in [5, 5.41) is 10.6. The van der Waals surface area contributed by atoms with Crippen LogP contribution in [0, 0.1) is 6.92 Å². The van der Waals surface area contributed by atoms with Crippen LogP contribution in [-0.2, 0) is 0 Å². The van der Waals surface area contributed by atoms with Gasteiger partial charge in [0, 0.05) is 12.7 Å². The normalized spacial score (nSPS) is 16.8. The maximum Gasteiger partial charge on any atom is 0.271 e. The number of carbonyl (C=O) groups excluding carboxylic acids is 1. The average Bonchev–Trinajstić information content (AvgIpc) is 3.10. The van der Waals surface area contributed by atoms with Crippen LogP contribution >= 0.6 is 12.4 Å². The van der Waals surface area contributed by atoms with Crippen molar-refractivity contribution < 1.29 is 9.53 Å². The molecule has 1 saturated heterocycles. The van der Waals surface area contributed by atoms with E-state index in [1.54, 1.807) is 6.07 Å². The number of carbonyl (C=O) groups is 1. The van der Waals surface area contributed by atoms with Crippen molar-refractivity contribution in [3.05, 3.63) is 47.8 Å². The van der Waals surface area contributed by atoms with Crippen molar-refractivity contribution in [1.29, 1.82) is 0 Å². The minimum Gasteiger partial charge on any atom is -0.492 e. The Morgan fingerprint density at radius 3 is 3.08 bits per heavy atom. The van der Waals surface area contributed by atoms with Crippen LogP contribution in [0.2, 0.25) is 0 Å². The zero-order valence-electron chi connectivity index (χ0n) is 14.4. The molecule has 1 aromatic heterocycles. The molecular formula is C18H25ClN4O2. The van der Waals surface area contributed by atoms with Crippen LogP contribution in [0.3, 0.4) is 0 Å². The molecule has 1 unspecified atom stereocenters. The van der Waals surface area contributed by atoms with Crippen molar-refractivity contribution in [1.82, 2.24) is 20.4 Å². The van der Waals surface area contributed by atoms with Crippen molar-refractivity contribution >= 4 is 18.3 Å². The van der Waals surface area contributed by atoms with Gasteiger partial charge in [-0.1, -0.05) is 12.1 Å². The van der Waals surface area contributed by atoms with Gasteiger partial charge in [-0.2, -0.15) is 5.10 Å². The third kappa shape index (κ3) is 5.47. The van der Waals surface area contributed by atoms with Gasteiger partial charge in [0.05, 0.1) is 12.6 Å². The molecule has 1 fully saturated rings. The van der Waals surface area contributed by atoms with Crippen LogP contribution in [-0.4, -0.2) is 41.9 Å². The van der Waals surface area contributed by atoms with Crippen LogP contribution in [0.4, 0.5) is 0 Å². The topological polar surface area (TPSA) is 68.2 Å². The molecule has 0 spiro atoms. The molecule has 2 aromatic rings. The molecule has 2 heterocycles. The number of benzene rings is 1. The summed E-state index contributed by atoms with van der Waals surface area (Å²) in [6, 6.07) is 9.97. The largest absolute Gasteiger partial charge is 0.492 e. The molecule has 0 radical (unpaired) electrons. The summed E-state index contributed by atoms with van der Waals surface area (Å²) in [6.45, 7) is 4.87. The third-order valence-corrected chi connectivity index (χ3v) is 4.13. The molecule has 2 N–H and O–H groups in total. The molecule has 25 heavy (non-hydrogen) atoms. The van der Waals surface area contributed by atoms with Gasteiger partial charge in [-0.25, -0.2) is 0 Å². The third-order valence-electron chi connectivity index (χ3n) is 4.13. The monoisotopic (exact) mass is 364 g/mol. The Morgan fingerprint density at radius 2 is 2.32 bits per heavy atom. The van der Waals surface area contributed by atoms with E-state index in [4.69, 9.17) is 4.74 Å². The predicted octanol–water partition coefficient (Wildman–Crippen LogP) is 2.35. The van der Waals surface area contributed by atoms with Crippen molar-refractivity contribution in [2.45, 2.75) is 25.8 Å². The molecule has 1 aliphatic rings. The van der Waals surface area contributed by atoms with Gasteiger partial charge in [0.15, 0.2) is 0 Å². The SMILES string of the molecule is Cc1cccc(OCCNC(=O)c2ccn(C3CCCNC3)n2)c1.Cl. The molecule has 136 valence electrons. The Hall–Kier alpha value is -2.05. The smallest absolute Gasteiger partial charge is 0.271 e. The summed E-state index contributed by atoms with van der Waals surface area (Å²) in [4.78, 5) is 12.1. The van der Waals surface area contributed by atoms with E-state index >= 15 is 0 Å². The Labute approximate surface area is 154 Å². The van der Waals surface area contributed by atoms with E-state index in [0.29, 0.717) is 24.9 Å². The van der Waals surface area contributed by atoms with E-state index in [1.165, 1.54) is 0 Å². The van der Waals surface area contributed by atoms with Gasteiger partial charge in [-0.15, -0.1) is 12.4 Å². The molecular weight excluding hydrogens is 340 g/mol.